The SMILES string of the molecule is COC1C(O)C(COP(=O)(S)OC2C(COP(=O)(O)OC)OC(n3cnc4c(=O)[nH]c(N)nc43)C2OC)OC1n1cnc2c(N)ncnc21. The highest BCUT2D eigenvalue weighted by atomic mass is 32.7. The Bertz CT molecular complexity index is 1980. The van der Waals surface area contributed by atoms with Gasteiger partial charge in [-0.05, 0) is 0 Å². The molecular formula is C23H32N10O13P2S. The molecule has 268 valence electrons. The topological polar surface area (TPSA) is 308 Å². The Hall–Kier alpha value is -3.09. The van der Waals surface area contributed by atoms with Gasteiger partial charge in [-0.1, -0.05) is 12.2 Å². The number of nitrogen functional groups attached to an aromatic ring is 2. The van der Waals surface area contributed by atoms with E-state index in [2.05, 4.69) is 46.7 Å². The Kier molecular flexibility index (Phi) is 10.1. The maximum absolute atomic E-state index is 13.7. The number of rotatable bonds is 13. The van der Waals surface area contributed by atoms with Gasteiger partial charge in [0.05, 0.1) is 25.9 Å². The molecule has 2 saturated heterocycles. The highest BCUT2D eigenvalue weighted by Crippen LogP contribution is 2.57. The number of nitrogens with zero attached hydrogens (tertiary/aromatic N) is 7. The van der Waals surface area contributed by atoms with Crippen molar-refractivity contribution in [2.75, 3.05) is 46.0 Å². The molecule has 0 aromatic carbocycles. The zero-order valence-electron chi connectivity index (χ0n) is 25.8. The number of aromatic nitrogens is 8. The van der Waals surface area contributed by atoms with Crippen LogP contribution in [0.2, 0.25) is 0 Å². The molecule has 26 heteroatoms. The van der Waals surface area contributed by atoms with E-state index in [1.165, 1.54) is 42.3 Å². The van der Waals surface area contributed by atoms with E-state index < -0.39 is 82.5 Å². The quantitative estimate of drug-likeness (QED) is 0.0742. The zero-order chi connectivity index (χ0) is 35.2. The fourth-order valence-corrected chi connectivity index (χ4v) is 7.46. The van der Waals surface area contributed by atoms with Gasteiger partial charge in [-0.15, -0.1) is 0 Å². The smallest absolute Gasteiger partial charge is 0.387 e. The number of fused-ring (bicyclic) bond motifs is 2. The van der Waals surface area contributed by atoms with Crippen molar-refractivity contribution < 1.29 is 56.2 Å². The van der Waals surface area contributed by atoms with E-state index in [0.717, 1.165) is 7.11 Å². The molecule has 0 radical (unpaired) electrons. The number of aliphatic hydroxyl groups is 1. The fraction of sp³-hybridized carbons (Fsp3) is 0.565. The van der Waals surface area contributed by atoms with E-state index in [1.807, 2.05) is 0 Å². The lowest BCUT2D eigenvalue weighted by atomic mass is 10.1. The second-order valence-corrected chi connectivity index (χ2v) is 15.1. The number of ether oxygens (including phenoxy) is 4. The second-order valence-electron chi connectivity index (χ2n) is 10.7. The minimum absolute atomic E-state index is 0.0121. The first-order chi connectivity index (χ1) is 23.3. The van der Waals surface area contributed by atoms with Crippen molar-refractivity contribution in [1.29, 1.82) is 0 Å². The van der Waals surface area contributed by atoms with Crippen molar-refractivity contribution >= 4 is 61.0 Å². The number of hydrogen-bond donors (Lipinski definition) is 6. The Morgan fingerprint density at radius 2 is 1.55 bits per heavy atom. The summed E-state index contributed by atoms with van der Waals surface area (Å²) in [4.78, 5) is 45.1. The molecule has 0 bridgehead atoms. The number of phosphoric acid groups is 1. The van der Waals surface area contributed by atoms with Crippen LogP contribution in [0, 0.1) is 0 Å². The third kappa shape index (κ3) is 6.97. The first-order valence-corrected chi connectivity index (χ1v) is 18.3. The Balaban J connectivity index is 1.22. The van der Waals surface area contributed by atoms with Gasteiger partial charge >= 0.3 is 14.6 Å². The summed E-state index contributed by atoms with van der Waals surface area (Å²) in [5.41, 5.74) is 11.6. The number of methoxy groups -OCH3 is 2. The van der Waals surface area contributed by atoms with Gasteiger partial charge in [0.15, 0.2) is 35.1 Å². The zero-order valence-corrected chi connectivity index (χ0v) is 28.5. The molecule has 7 N–H and O–H groups in total. The minimum atomic E-state index is -4.52. The third-order valence-corrected chi connectivity index (χ3v) is 10.4. The van der Waals surface area contributed by atoms with Crippen LogP contribution in [0.5, 0.6) is 0 Å². The predicted octanol–water partition coefficient (Wildman–Crippen LogP) is -0.487. The third-order valence-electron chi connectivity index (χ3n) is 7.82. The molecule has 6 rings (SSSR count). The van der Waals surface area contributed by atoms with E-state index in [9.17, 15) is 23.9 Å². The number of aliphatic hydroxyl groups excluding tert-OH is 1. The van der Waals surface area contributed by atoms with Gasteiger partial charge in [-0.25, -0.2) is 29.1 Å². The van der Waals surface area contributed by atoms with E-state index >= 15 is 0 Å². The highest BCUT2D eigenvalue weighted by Gasteiger charge is 2.52. The Morgan fingerprint density at radius 3 is 2.24 bits per heavy atom. The highest BCUT2D eigenvalue weighted by molar-refractivity contribution is 8.44. The Labute approximate surface area is 280 Å². The molecule has 23 nitrogen and oxygen atoms in total. The van der Waals surface area contributed by atoms with Crippen molar-refractivity contribution in [3.63, 3.8) is 0 Å². The number of aromatic amines is 1. The van der Waals surface area contributed by atoms with Gasteiger partial charge in [-0.2, -0.15) is 4.98 Å². The number of nitrogens with one attached hydrogen (secondary N) is 1. The molecule has 0 amide bonds. The summed E-state index contributed by atoms with van der Waals surface area (Å²) < 4.78 is 72.7. The summed E-state index contributed by atoms with van der Waals surface area (Å²) in [7, 11) is -0.904. The van der Waals surface area contributed by atoms with Crippen molar-refractivity contribution in [2.24, 2.45) is 0 Å². The van der Waals surface area contributed by atoms with Crippen LogP contribution in [-0.4, -0.2) is 120 Å². The summed E-state index contributed by atoms with van der Waals surface area (Å²) >= 11 is 4.13. The lowest BCUT2D eigenvalue weighted by Crippen LogP contribution is -2.37. The number of thiol groups is 1. The van der Waals surface area contributed by atoms with Gasteiger partial charge in [0.1, 0.15) is 48.5 Å². The lowest BCUT2D eigenvalue weighted by molar-refractivity contribution is -0.0584. The molecule has 10 unspecified atom stereocenters. The Morgan fingerprint density at radius 1 is 0.918 bits per heavy atom. The summed E-state index contributed by atoms with van der Waals surface area (Å²) in [6.45, 7) is -5.53. The van der Waals surface area contributed by atoms with Gasteiger partial charge in [0.25, 0.3) is 5.56 Å². The van der Waals surface area contributed by atoms with Crippen LogP contribution in [0.15, 0.2) is 23.8 Å². The standard InChI is InChI=1S/C23H32N10O13P2S/c1-39-15-13(34)9(44-21(15)32-7-28-11-17(24)26-6-27-18(11)32)4-43-48(38,49)46-14-10(5-42-47(36,37)41-3)45-22(16(14)40-2)33-8-29-12-19(33)30-23(25)31-20(12)35/h6-10,13-16,21-22,34H,4-5H2,1-3H3,(H,36,37)(H,38,49)(H2,24,26,27)(H3,25,30,31,35). The first-order valence-electron chi connectivity index (χ1n) is 14.2. The molecule has 4 aromatic heterocycles. The van der Waals surface area contributed by atoms with Crippen molar-refractivity contribution in [3.05, 3.63) is 29.3 Å². The fourth-order valence-electron chi connectivity index (χ4n) is 5.54. The van der Waals surface area contributed by atoms with Crippen LogP contribution in [-0.2, 0) is 46.2 Å². The average Bonchev–Trinajstić information content (AvgIpc) is 3.82. The first kappa shape index (κ1) is 35.7. The lowest BCUT2D eigenvalue weighted by Gasteiger charge is -2.26. The molecule has 10 atom stereocenters. The van der Waals surface area contributed by atoms with E-state index in [-0.39, 0.29) is 22.9 Å². The molecule has 0 aliphatic carbocycles. The summed E-state index contributed by atoms with van der Waals surface area (Å²) in [6.07, 6.45) is -5.39. The molecule has 6 heterocycles. The number of anilines is 2. The number of H-pyrrole nitrogens is 1. The molecule has 0 saturated carbocycles. The van der Waals surface area contributed by atoms with Gasteiger partial charge < -0.3 is 40.4 Å². The number of hydrogen-bond acceptors (Lipinski definition) is 19. The maximum Gasteiger partial charge on any atom is 0.472 e. The molecule has 2 aliphatic heterocycles. The van der Waals surface area contributed by atoms with Crippen LogP contribution in [0.4, 0.5) is 11.8 Å². The molecule has 2 aliphatic rings. The molecule has 4 aromatic rings. The monoisotopic (exact) mass is 750 g/mol. The normalized spacial score (nSPS) is 29.8. The second kappa shape index (κ2) is 13.9. The van der Waals surface area contributed by atoms with Gasteiger partial charge in [0, 0.05) is 21.3 Å². The van der Waals surface area contributed by atoms with Crippen LogP contribution in [0.3, 0.4) is 0 Å². The average molecular weight is 751 g/mol. The van der Waals surface area contributed by atoms with Crippen LogP contribution < -0.4 is 17.0 Å². The van der Waals surface area contributed by atoms with Gasteiger partial charge in [0.2, 0.25) is 5.95 Å². The van der Waals surface area contributed by atoms with E-state index in [1.54, 1.807) is 0 Å². The number of imidazole rings is 2. The summed E-state index contributed by atoms with van der Waals surface area (Å²) in [6, 6.07) is 0. The predicted molar refractivity (Wildman–Crippen MR) is 168 cm³/mol. The summed E-state index contributed by atoms with van der Waals surface area (Å²) in [5.74, 6) is -0.0684. The van der Waals surface area contributed by atoms with Crippen LogP contribution >= 0.6 is 26.9 Å². The van der Waals surface area contributed by atoms with E-state index in [4.69, 9.17) is 44.0 Å². The van der Waals surface area contributed by atoms with Gasteiger partial charge in [-0.3, -0.25) is 37.0 Å². The van der Waals surface area contributed by atoms with Crippen molar-refractivity contribution in [1.82, 2.24) is 39.0 Å². The molecule has 0 spiro atoms. The van der Waals surface area contributed by atoms with Crippen molar-refractivity contribution in [2.45, 2.75) is 49.1 Å². The van der Waals surface area contributed by atoms with E-state index in [0.29, 0.717) is 11.2 Å². The van der Waals surface area contributed by atoms with Crippen LogP contribution in [0.25, 0.3) is 22.3 Å². The minimum Gasteiger partial charge on any atom is -0.387 e. The summed E-state index contributed by atoms with van der Waals surface area (Å²) in [5, 5.41) is 11.0. The molecule has 49 heavy (non-hydrogen) atoms. The largest absolute Gasteiger partial charge is 0.472 e. The number of phosphoric ester groups is 1. The molecular weight excluding hydrogens is 718 g/mol. The maximum atomic E-state index is 13.7. The van der Waals surface area contributed by atoms with Crippen molar-refractivity contribution in [3.8, 4) is 0 Å². The van der Waals surface area contributed by atoms with Crippen LogP contribution in [0.1, 0.15) is 12.5 Å². The molecule has 2 fully saturated rings. The number of nitrogens with two attached hydrogens (primary N) is 2.